The molecule has 0 saturated carbocycles. The van der Waals surface area contributed by atoms with E-state index in [0.717, 1.165) is 0 Å². The summed E-state index contributed by atoms with van der Waals surface area (Å²) in [5.41, 5.74) is 0.283. The minimum atomic E-state index is 0.123. The van der Waals surface area contributed by atoms with Crippen LogP contribution < -0.4 is 0 Å². The molecule has 0 unspecified atom stereocenters. The number of pyridine rings is 1. The van der Waals surface area contributed by atoms with E-state index in [4.69, 9.17) is 10.5 Å². The van der Waals surface area contributed by atoms with Gasteiger partial charge in [-0.2, -0.15) is 5.26 Å². The molecule has 0 aliphatic heterocycles. The molecule has 1 heterocycles. The number of hydrogen-bond acceptors (Lipinski definition) is 4. The van der Waals surface area contributed by atoms with Crippen molar-refractivity contribution in [2.45, 2.75) is 0 Å². The highest BCUT2D eigenvalue weighted by Crippen LogP contribution is 2.12. The van der Waals surface area contributed by atoms with Crippen LogP contribution in [0.3, 0.4) is 0 Å². The summed E-state index contributed by atoms with van der Waals surface area (Å²) in [6, 6.07) is 5.00. The van der Waals surface area contributed by atoms with Gasteiger partial charge in [-0.05, 0) is 12.1 Å². The van der Waals surface area contributed by atoms with E-state index >= 15 is 0 Å². The lowest BCUT2D eigenvalue weighted by molar-refractivity contribution is 0.288. The molecule has 0 saturated heterocycles. The summed E-state index contributed by atoms with van der Waals surface area (Å²) in [7, 11) is 0. The standard InChI is InChI=1S/C6H4N4O/c7-4-5-2-1-3-8-6(5)9-10-11/h1-3H,(H,8,9,11). The first-order valence-electron chi connectivity index (χ1n) is 2.78. The zero-order valence-electron chi connectivity index (χ0n) is 5.47. The number of nitriles is 1. The molecule has 0 atom stereocenters. The van der Waals surface area contributed by atoms with E-state index in [1.807, 2.05) is 6.07 Å². The number of hydrogen-bond donors (Lipinski definition) is 1. The SMILES string of the molecule is N#Cc1cccnc1N=NO. The van der Waals surface area contributed by atoms with Crippen molar-refractivity contribution in [3.05, 3.63) is 23.9 Å². The molecule has 0 radical (unpaired) electrons. The van der Waals surface area contributed by atoms with Gasteiger partial charge in [-0.3, -0.25) is 0 Å². The molecule has 1 aromatic heterocycles. The van der Waals surface area contributed by atoms with Gasteiger partial charge in [0.05, 0.1) is 5.56 Å². The molecule has 5 nitrogen and oxygen atoms in total. The van der Waals surface area contributed by atoms with Gasteiger partial charge in [-0.1, -0.05) is 5.11 Å². The second-order valence-corrected chi connectivity index (χ2v) is 1.68. The summed E-state index contributed by atoms with van der Waals surface area (Å²) in [5, 5.41) is 22.3. The van der Waals surface area contributed by atoms with Crippen LogP contribution in [0, 0.1) is 11.3 Å². The van der Waals surface area contributed by atoms with Gasteiger partial charge < -0.3 is 5.21 Å². The molecule has 1 aromatic rings. The van der Waals surface area contributed by atoms with E-state index in [0.29, 0.717) is 0 Å². The summed E-state index contributed by atoms with van der Waals surface area (Å²) in [5.74, 6) is 0.123. The van der Waals surface area contributed by atoms with Crippen molar-refractivity contribution in [3.63, 3.8) is 0 Å². The number of rotatable bonds is 1. The topological polar surface area (TPSA) is 81.6 Å². The van der Waals surface area contributed by atoms with E-state index in [9.17, 15) is 0 Å². The van der Waals surface area contributed by atoms with Crippen LogP contribution in [-0.4, -0.2) is 10.2 Å². The lowest BCUT2D eigenvalue weighted by atomic mass is 10.3. The summed E-state index contributed by atoms with van der Waals surface area (Å²) in [6.07, 6.45) is 1.46. The van der Waals surface area contributed by atoms with Crippen LogP contribution in [0.2, 0.25) is 0 Å². The van der Waals surface area contributed by atoms with Crippen molar-refractivity contribution >= 4 is 5.82 Å². The second-order valence-electron chi connectivity index (χ2n) is 1.68. The highest BCUT2D eigenvalue weighted by molar-refractivity contribution is 5.45. The van der Waals surface area contributed by atoms with Crippen molar-refractivity contribution in [1.29, 1.82) is 5.26 Å². The maximum atomic E-state index is 8.47. The lowest BCUT2D eigenvalue weighted by Crippen LogP contribution is -1.78. The Morgan fingerprint density at radius 1 is 1.64 bits per heavy atom. The molecule has 5 heteroatoms. The summed E-state index contributed by atoms with van der Waals surface area (Å²) < 4.78 is 0. The van der Waals surface area contributed by atoms with Crippen LogP contribution in [0.1, 0.15) is 5.56 Å². The Labute approximate surface area is 62.6 Å². The quantitative estimate of drug-likeness (QED) is 0.483. The largest absolute Gasteiger partial charge is 0.394 e. The van der Waals surface area contributed by atoms with E-state index in [-0.39, 0.29) is 11.4 Å². The Balaban J connectivity index is 3.15. The van der Waals surface area contributed by atoms with Crippen LogP contribution in [0.4, 0.5) is 5.82 Å². The third kappa shape index (κ3) is 1.49. The maximum absolute atomic E-state index is 8.47. The van der Waals surface area contributed by atoms with Crippen LogP contribution in [0.15, 0.2) is 28.7 Å². The van der Waals surface area contributed by atoms with Crippen molar-refractivity contribution in [2.75, 3.05) is 0 Å². The molecule has 1 rings (SSSR count). The average molecular weight is 148 g/mol. The van der Waals surface area contributed by atoms with Gasteiger partial charge in [0.15, 0.2) is 5.82 Å². The molecule has 0 aliphatic rings. The third-order valence-electron chi connectivity index (χ3n) is 1.05. The fraction of sp³-hybridized carbons (Fsp3) is 0. The molecule has 0 spiro atoms. The number of nitrogens with zero attached hydrogens (tertiary/aromatic N) is 4. The van der Waals surface area contributed by atoms with E-state index in [2.05, 4.69) is 15.4 Å². The van der Waals surface area contributed by atoms with Gasteiger partial charge >= 0.3 is 0 Å². The zero-order valence-corrected chi connectivity index (χ0v) is 5.47. The Morgan fingerprint density at radius 3 is 3.09 bits per heavy atom. The molecular formula is C6H4N4O. The normalized spacial score (nSPS) is 9.73. The molecule has 0 bridgehead atoms. The van der Waals surface area contributed by atoms with E-state index < -0.39 is 0 Å². The second kappa shape index (κ2) is 3.27. The first-order valence-corrected chi connectivity index (χ1v) is 2.78. The Kier molecular flexibility index (Phi) is 2.13. The van der Waals surface area contributed by atoms with Crippen molar-refractivity contribution in [1.82, 2.24) is 4.98 Å². The Hall–Kier alpha value is -1.96. The summed E-state index contributed by atoms with van der Waals surface area (Å²) >= 11 is 0. The molecule has 0 amide bonds. The molecule has 0 fully saturated rings. The van der Waals surface area contributed by atoms with Crippen LogP contribution in [0.5, 0.6) is 0 Å². The minimum absolute atomic E-state index is 0.123. The van der Waals surface area contributed by atoms with Crippen molar-refractivity contribution in [2.24, 2.45) is 10.4 Å². The van der Waals surface area contributed by atoms with Gasteiger partial charge in [0, 0.05) is 11.5 Å². The fourth-order valence-electron chi connectivity index (χ4n) is 0.606. The van der Waals surface area contributed by atoms with Crippen LogP contribution in [0.25, 0.3) is 0 Å². The predicted molar refractivity (Wildman–Crippen MR) is 35.3 cm³/mol. The van der Waals surface area contributed by atoms with Crippen LogP contribution in [-0.2, 0) is 0 Å². The van der Waals surface area contributed by atoms with Gasteiger partial charge in [-0.25, -0.2) is 4.98 Å². The highest BCUT2D eigenvalue weighted by Gasteiger charge is 1.98. The van der Waals surface area contributed by atoms with Crippen molar-refractivity contribution < 1.29 is 5.21 Å². The minimum Gasteiger partial charge on any atom is -0.394 e. The Morgan fingerprint density at radius 2 is 2.45 bits per heavy atom. The first-order chi connectivity index (χ1) is 5.38. The maximum Gasteiger partial charge on any atom is 0.195 e. The van der Waals surface area contributed by atoms with Crippen molar-refractivity contribution in [3.8, 4) is 6.07 Å². The van der Waals surface area contributed by atoms with Gasteiger partial charge in [0.1, 0.15) is 6.07 Å². The zero-order chi connectivity index (χ0) is 8.10. The molecular weight excluding hydrogens is 144 g/mol. The molecule has 54 valence electrons. The van der Waals surface area contributed by atoms with E-state index in [1.165, 1.54) is 12.3 Å². The van der Waals surface area contributed by atoms with Gasteiger partial charge in [-0.15, -0.1) is 0 Å². The molecule has 0 aliphatic carbocycles. The summed E-state index contributed by atoms with van der Waals surface area (Å²) in [4.78, 5) is 3.70. The first kappa shape index (κ1) is 7.15. The fourth-order valence-corrected chi connectivity index (χ4v) is 0.606. The van der Waals surface area contributed by atoms with E-state index in [1.54, 1.807) is 6.07 Å². The molecule has 11 heavy (non-hydrogen) atoms. The number of aromatic nitrogens is 1. The molecule has 1 N–H and O–H groups in total. The van der Waals surface area contributed by atoms with Gasteiger partial charge in [0.25, 0.3) is 0 Å². The lowest BCUT2D eigenvalue weighted by Gasteiger charge is -1.89. The highest BCUT2D eigenvalue weighted by atomic mass is 16.5. The average Bonchev–Trinajstić information content (AvgIpc) is 2.06. The Bertz CT molecular complexity index is 315. The predicted octanol–water partition coefficient (Wildman–Crippen LogP) is 1.43. The summed E-state index contributed by atoms with van der Waals surface area (Å²) in [6.45, 7) is 0. The smallest absolute Gasteiger partial charge is 0.195 e. The monoisotopic (exact) mass is 148 g/mol. The third-order valence-corrected chi connectivity index (χ3v) is 1.05. The van der Waals surface area contributed by atoms with Gasteiger partial charge in [0.2, 0.25) is 0 Å². The molecule has 0 aromatic carbocycles. The van der Waals surface area contributed by atoms with Crippen LogP contribution >= 0.6 is 0 Å².